The quantitative estimate of drug-likeness (QED) is 0.693. The first-order valence-corrected chi connectivity index (χ1v) is 4.02. The van der Waals surface area contributed by atoms with Crippen LogP contribution < -0.4 is 5.32 Å². The third-order valence-electron chi connectivity index (χ3n) is 1.51. The molecule has 0 amide bonds. The Morgan fingerprint density at radius 3 is 3.00 bits per heavy atom. The molecule has 3 heteroatoms. The molecule has 0 atom stereocenters. The molecular weight excluding hydrogens is 138 g/mol. The van der Waals surface area contributed by atoms with E-state index < -0.39 is 0 Å². The van der Waals surface area contributed by atoms with E-state index in [0.29, 0.717) is 0 Å². The molecule has 11 heavy (non-hydrogen) atoms. The van der Waals surface area contributed by atoms with Crippen molar-refractivity contribution in [2.75, 3.05) is 11.9 Å². The third kappa shape index (κ3) is 3.07. The van der Waals surface area contributed by atoms with Crippen molar-refractivity contribution < 1.29 is 0 Å². The summed E-state index contributed by atoms with van der Waals surface area (Å²) in [6.45, 7) is 5.42. The van der Waals surface area contributed by atoms with Crippen molar-refractivity contribution >= 4 is 5.95 Å². The Hall–Kier alpha value is -0.990. The van der Waals surface area contributed by atoms with E-state index in [-0.39, 0.29) is 0 Å². The maximum absolute atomic E-state index is 4.05. The molecule has 2 N–H and O–H groups in total. The Labute approximate surface area is 67.2 Å². The average Bonchev–Trinajstić information content (AvgIpc) is 2.39. The van der Waals surface area contributed by atoms with Crippen LogP contribution in [0.3, 0.4) is 0 Å². The van der Waals surface area contributed by atoms with E-state index in [1.54, 1.807) is 6.20 Å². The van der Waals surface area contributed by atoms with E-state index in [9.17, 15) is 0 Å². The van der Waals surface area contributed by atoms with Crippen molar-refractivity contribution in [2.24, 2.45) is 5.92 Å². The second-order valence-electron chi connectivity index (χ2n) is 3.05. The Kier molecular flexibility index (Phi) is 2.95. The molecular formula is C8H15N3. The predicted octanol–water partition coefficient (Wildman–Crippen LogP) is 1.87. The van der Waals surface area contributed by atoms with Crippen LogP contribution in [0.4, 0.5) is 5.95 Å². The van der Waals surface area contributed by atoms with Crippen LogP contribution in [0.1, 0.15) is 20.3 Å². The van der Waals surface area contributed by atoms with Crippen LogP contribution in [0.15, 0.2) is 12.4 Å². The number of nitrogens with zero attached hydrogens (tertiary/aromatic N) is 1. The molecule has 1 aromatic rings. The van der Waals surface area contributed by atoms with Crippen molar-refractivity contribution in [3.8, 4) is 0 Å². The van der Waals surface area contributed by atoms with Gasteiger partial charge in [0.25, 0.3) is 0 Å². The van der Waals surface area contributed by atoms with Crippen molar-refractivity contribution in [3.63, 3.8) is 0 Å². The Morgan fingerprint density at radius 2 is 2.45 bits per heavy atom. The Balaban J connectivity index is 2.14. The molecule has 0 unspecified atom stereocenters. The van der Waals surface area contributed by atoms with Crippen molar-refractivity contribution in [1.29, 1.82) is 0 Å². The highest BCUT2D eigenvalue weighted by atomic mass is 15.1. The summed E-state index contributed by atoms with van der Waals surface area (Å²) >= 11 is 0. The fraction of sp³-hybridized carbons (Fsp3) is 0.625. The molecule has 0 spiro atoms. The fourth-order valence-corrected chi connectivity index (χ4v) is 0.841. The minimum Gasteiger partial charge on any atom is -0.356 e. The van der Waals surface area contributed by atoms with Gasteiger partial charge in [0.15, 0.2) is 5.95 Å². The second-order valence-corrected chi connectivity index (χ2v) is 3.05. The molecule has 0 fully saturated rings. The highest BCUT2D eigenvalue weighted by Gasteiger charge is 1.94. The largest absolute Gasteiger partial charge is 0.356 e. The first-order valence-electron chi connectivity index (χ1n) is 4.02. The van der Waals surface area contributed by atoms with Gasteiger partial charge in [0, 0.05) is 18.9 Å². The number of aromatic nitrogens is 2. The molecule has 0 aliphatic rings. The fourth-order valence-electron chi connectivity index (χ4n) is 0.841. The predicted molar refractivity (Wildman–Crippen MR) is 46.5 cm³/mol. The van der Waals surface area contributed by atoms with Crippen LogP contribution in [0.2, 0.25) is 0 Å². The summed E-state index contributed by atoms with van der Waals surface area (Å²) < 4.78 is 0. The van der Waals surface area contributed by atoms with Crippen LogP contribution >= 0.6 is 0 Å². The number of hydrogen-bond donors (Lipinski definition) is 2. The van der Waals surface area contributed by atoms with Gasteiger partial charge >= 0.3 is 0 Å². The molecule has 1 rings (SSSR count). The highest BCUT2D eigenvalue weighted by Crippen LogP contribution is 2.00. The molecule has 0 saturated carbocycles. The molecule has 0 saturated heterocycles. The summed E-state index contributed by atoms with van der Waals surface area (Å²) in [4.78, 5) is 7.04. The van der Waals surface area contributed by atoms with Gasteiger partial charge in [0.2, 0.25) is 0 Å². The summed E-state index contributed by atoms with van der Waals surface area (Å²) in [5.41, 5.74) is 0. The van der Waals surface area contributed by atoms with Crippen LogP contribution in [0.25, 0.3) is 0 Å². The molecule has 0 aliphatic carbocycles. The summed E-state index contributed by atoms with van der Waals surface area (Å²) in [7, 11) is 0. The lowest BCUT2D eigenvalue weighted by Crippen LogP contribution is -2.05. The van der Waals surface area contributed by atoms with Gasteiger partial charge in [0.1, 0.15) is 0 Å². The maximum atomic E-state index is 4.05. The van der Waals surface area contributed by atoms with Crippen LogP contribution in [0.5, 0.6) is 0 Å². The lowest BCUT2D eigenvalue weighted by Gasteiger charge is -2.04. The summed E-state index contributed by atoms with van der Waals surface area (Å²) in [5, 5.41) is 3.19. The van der Waals surface area contributed by atoms with E-state index in [0.717, 1.165) is 18.4 Å². The molecule has 1 aromatic heterocycles. The summed E-state index contributed by atoms with van der Waals surface area (Å²) in [6, 6.07) is 0. The van der Waals surface area contributed by atoms with E-state index in [1.165, 1.54) is 6.42 Å². The van der Waals surface area contributed by atoms with Gasteiger partial charge < -0.3 is 10.3 Å². The van der Waals surface area contributed by atoms with Gasteiger partial charge in [0.05, 0.1) is 0 Å². The number of aromatic amines is 1. The number of rotatable bonds is 4. The lowest BCUT2D eigenvalue weighted by atomic mass is 10.1. The molecule has 0 bridgehead atoms. The third-order valence-corrected chi connectivity index (χ3v) is 1.51. The van der Waals surface area contributed by atoms with E-state index >= 15 is 0 Å². The highest BCUT2D eigenvalue weighted by molar-refractivity contribution is 5.22. The molecule has 62 valence electrons. The van der Waals surface area contributed by atoms with E-state index in [1.807, 2.05) is 6.20 Å². The average molecular weight is 153 g/mol. The smallest absolute Gasteiger partial charge is 0.200 e. The first-order chi connectivity index (χ1) is 5.29. The molecule has 3 nitrogen and oxygen atoms in total. The van der Waals surface area contributed by atoms with Crippen molar-refractivity contribution in [1.82, 2.24) is 9.97 Å². The Morgan fingerprint density at radius 1 is 1.64 bits per heavy atom. The zero-order valence-corrected chi connectivity index (χ0v) is 7.09. The van der Waals surface area contributed by atoms with E-state index in [2.05, 4.69) is 29.1 Å². The van der Waals surface area contributed by atoms with Crippen LogP contribution in [-0.4, -0.2) is 16.5 Å². The summed E-state index contributed by atoms with van der Waals surface area (Å²) in [6.07, 6.45) is 4.75. The first kappa shape index (κ1) is 8.11. The Bertz CT molecular complexity index is 179. The minimum atomic E-state index is 0.748. The standard InChI is InChI=1S/C8H15N3/c1-7(2)3-4-9-8-10-5-6-11-8/h5-7H,3-4H2,1-2H3,(H2,9,10,11). The monoisotopic (exact) mass is 153 g/mol. The van der Waals surface area contributed by atoms with Gasteiger partial charge in [-0.25, -0.2) is 4.98 Å². The minimum absolute atomic E-state index is 0.748. The SMILES string of the molecule is CC(C)CCNc1ncc[nH]1. The zero-order chi connectivity index (χ0) is 8.10. The normalized spacial score (nSPS) is 10.5. The zero-order valence-electron chi connectivity index (χ0n) is 7.09. The van der Waals surface area contributed by atoms with Gasteiger partial charge in [-0.1, -0.05) is 13.8 Å². The molecule has 1 heterocycles. The van der Waals surface area contributed by atoms with Gasteiger partial charge in [-0.05, 0) is 12.3 Å². The number of anilines is 1. The summed E-state index contributed by atoms with van der Waals surface area (Å²) in [5.74, 6) is 1.61. The van der Waals surface area contributed by atoms with Crippen LogP contribution in [0, 0.1) is 5.92 Å². The van der Waals surface area contributed by atoms with Gasteiger partial charge in [-0.2, -0.15) is 0 Å². The number of hydrogen-bond acceptors (Lipinski definition) is 2. The van der Waals surface area contributed by atoms with Gasteiger partial charge in [-0.3, -0.25) is 0 Å². The van der Waals surface area contributed by atoms with Gasteiger partial charge in [-0.15, -0.1) is 0 Å². The molecule has 0 radical (unpaired) electrons. The topological polar surface area (TPSA) is 40.7 Å². The number of nitrogens with one attached hydrogen (secondary N) is 2. The van der Waals surface area contributed by atoms with E-state index in [4.69, 9.17) is 0 Å². The van der Waals surface area contributed by atoms with Crippen molar-refractivity contribution in [3.05, 3.63) is 12.4 Å². The van der Waals surface area contributed by atoms with Crippen LogP contribution in [-0.2, 0) is 0 Å². The maximum Gasteiger partial charge on any atom is 0.200 e. The molecule has 0 aromatic carbocycles. The lowest BCUT2D eigenvalue weighted by molar-refractivity contribution is 0.606. The van der Waals surface area contributed by atoms with Crippen molar-refractivity contribution in [2.45, 2.75) is 20.3 Å². The number of H-pyrrole nitrogens is 1. The molecule has 0 aliphatic heterocycles. The number of imidazole rings is 1. The second kappa shape index (κ2) is 4.01.